The number of piperidine rings is 1. The van der Waals surface area contributed by atoms with Crippen molar-refractivity contribution < 1.29 is 14.3 Å². The number of hydrogen-bond donors (Lipinski definition) is 3. The highest BCUT2D eigenvalue weighted by atomic mass is 16.5. The van der Waals surface area contributed by atoms with Gasteiger partial charge in [0.2, 0.25) is 12.0 Å². The molecular weight excluding hydrogens is 538 g/mol. The number of nitrogens with one attached hydrogen (secondary N) is 2. The van der Waals surface area contributed by atoms with E-state index in [-0.39, 0.29) is 17.6 Å². The van der Waals surface area contributed by atoms with E-state index in [0.717, 1.165) is 38.6 Å². The number of unbranched alkanes of at least 4 members (excludes halogenated alkanes) is 2. The number of nitrogens with two attached hydrogens (primary N) is 1. The van der Waals surface area contributed by atoms with Crippen molar-refractivity contribution in [3.05, 3.63) is 53.6 Å². The third-order valence-electron chi connectivity index (χ3n) is 9.64. The predicted molar refractivity (Wildman–Crippen MR) is 173 cm³/mol. The Morgan fingerprint density at radius 3 is 2.44 bits per heavy atom. The molecule has 1 unspecified atom stereocenters. The van der Waals surface area contributed by atoms with Crippen LogP contribution in [0.2, 0.25) is 0 Å². The van der Waals surface area contributed by atoms with Crippen molar-refractivity contribution >= 4 is 29.0 Å². The summed E-state index contributed by atoms with van der Waals surface area (Å²) in [5.41, 5.74) is 8.35. The number of hydrogen-bond acceptors (Lipinski definition) is 5. The maximum atomic E-state index is 14.0. The van der Waals surface area contributed by atoms with Crippen molar-refractivity contribution in [3.63, 3.8) is 0 Å². The standard InChI is InChI=1S/C35H49N5O3/c1-24-11-9-12-25(2)39(24)19-7-4-8-20-40-30-23-29(38-32(41)21-26-13-5-3-6-14-26)17-18-31(30)43-33(35(40)42)27-15-10-16-28(22-27)34(36)37/h10,15-18,22-26,33H,3-9,11-14,19-21H2,1-2H3,(H3,36,37)(H,38,41)/t24-,25+,33?. The topological polar surface area (TPSA) is 112 Å². The minimum atomic E-state index is -0.825. The Balaban J connectivity index is 1.30. The molecule has 2 fully saturated rings. The predicted octanol–water partition coefficient (Wildman–Crippen LogP) is 6.78. The fourth-order valence-electron chi connectivity index (χ4n) is 7.18. The fraction of sp³-hybridized carbons (Fsp3) is 0.571. The molecule has 0 bridgehead atoms. The number of carbonyl (C=O) groups excluding carboxylic acids is 2. The normalized spacial score (nSPS) is 23.0. The number of ether oxygens (including phenoxy) is 1. The summed E-state index contributed by atoms with van der Waals surface area (Å²) in [4.78, 5) is 31.3. The Bertz CT molecular complexity index is 1280. The minimum absolute atomic E-state index is 0.0292. The van der Waals surface area contributed by atoms with Gasteiger partial charge in [-0.15, -0.1) is 0 Å². The summed E-state index contributed by atoms with van der Waals surface area (Å²) in [6, 6.07) is 14.0. The van der Waals surface area contributed by atoms with Crippen LogP contribution in [0.5, 0.6) is 5.75 Å². The summed E-state index contributed by atoms with van der Waals surface area (Å²) in [7, 11) is 0. The smallest absolute Gasteiger partial charge is 0.272 e. The summed E-state index contributed by atoms with van der Waals surface area (Å²) in [6.45, 7) is 6.34. The second-order valence-corrected chi connectivity index (χ2v) is 12.9. The molecule has 2 aliphatic heterocycles. The van der Waals surface area contributed by atoms with Crippen molar-refractivity contribution in [1.82, 2.24) is 4.90 Å². The van der Waals surface area contributed by atoms with Crippen LogP contribution in [-0.2, 0) is 9.59 Å². The van der Waals surface area contributed by atoms with E-state index >= 15 is 0 Å². The molecule has 0 radical (unpaired) electrons. The third-order valence-corrected chi connectivity index (χ3v) is 9.64. The van der Waals surface area contributed by atoms with Crippen LogP contribution in [0.25, 0.3) is 0 Å². The fourth-order valence-corrected chi connectivity index (χ4v) is 7.18. The largest absolute Gasteiger partial charge is 0.474 e. The highest BCUT2D eigenvalue weighted by Crippen LogP contribution is 2.41. The van der Waals surface area contributed by atoms with Crippen LogP contribution in [0.1, 0.15) is 108 Å². The summed E-state index contributed by atoms with van der Waals surface area (Å²) >= 11 is 0. The van der Waals surface area contributed by atoms with E-state index in [1.165, 1.54) is 38.5 Å². The average Bonchev–Trinajstić information content (AvgIpc) is 2.99. The number of nitrogens with zero attached hydrogens (tertiary/aromatic N) is 2. The zero-order valence-electron chi connectivity index (χ0n) is 25.9. The van der Waals surface area contributed by atoms with Gasteiger partial charge in [0.25, 0.3) is 5.91 Å². The van der Waals surface area contributed by atoms with Gasteiger partial charge in [-0.25, -0.2) is 0 Å². The number of amides is 2. The van der Waals surface area contributed by atoms with E-state index in [1.54, 1.807) is 18.2 Å². The minimum Gasteiger partial charge on any atom is -0.474 e. The maximum Gasteiger partial charge on any atom is 0.272 e. The molecule has 8 nitrogen and oxygen atoms in total. The lowest BCUT2D eigenvalue weighted by molar-refractivity contribution is -0.126. The highest BCUT2D eigenvalue weighted by Gasteiger charge is 2.36. The Kier molecular flexibility index (Phi) is 10.4. The van der Waals surface area contributed by atoms with Crippen molar-refractivity contribution in [1.29, 1.82) is 5.41 Å². The second-order valence-electron chi connectivity index (χ2n) is 12.9. The molecular formula is C35H49N5O3. The van der Waals surface area contributed by atoms with Gasteiger partial charge in [0.05, 0.1) is 5.69 Å². The highest BCUT2D eigenvalue weighted by molar-refractivity contribution is 6.02. The zero-order valence-corrected chi connectivity index (χ0v) is 25.9. The molecule has 1 aliphatic carbocycles. The summed E-state index contributed by atoms with van der Waals surface area (Å²) in [5.74, 6) is 0.904. The van der Waals surface area contributed by atoms with Crippen LogP contribution in [0, 0.1) is 11.3 Å². The molecule has 4 N–H and O–H groups in total. The van der Waals surface area contributed by atoms with E-state index in [9.17, 15) is 9.59 Å². The first kappa shape index (κ1) is 31.0. The first-order valence-electron chi connectivity index (χ1n) is 16.4. The van der Waals surface area contributed by atoms with Gasteiger partial charge in [-0.2, -0.15) is 0 Å². The van der Waals surface area contributed by atoms with Gasteiger partial charge in [-0.3, -0.25) is 19.9 Å². The van der Waals surface area contributed by atoms with Crippen LogP contribution < -0.4 is 20.7 Å². The third kappa shape index (κ3) is 7.77. The van der Waals surface area contributed by atoms with Crippen LogP contribution in [-0.4, -0.2) is 47.7 Å². The molecule has 3 atom stereocenters. The number of amidine groups is 1. The van der Waals surface area contributed by atoms with E-state index < -0.39 is 6.10 Å². The van der Waals surface area contributed by atoms with Crippen LogP contribution in [0.15, 0.2) is 42.5 Å². The number of carbonyl (C=O) groups is 2. The Hall–Kier alpha value is -3.39. The molecule has 1 saturated heterocycles. The van der Waals surface area contributed by atoms with Gasteiger partial charge in [0, 0.05) is 41.9 Å². The Morgan fingerprint density at radius 2 is 1.70 bits per heavy atom. The van der Waals surface area contributed by atoms with Crippen LogP contribution in [0.3, 0.4) is 0 Å². The molecule has 2 aromatic carbocycles. The molecule has 8 heteroatoms. The average molecular weight is 588 g/mol. The van der Waals surface area contributed by atoms with E-state index in [4.69, 9.17) is 15.9 Å². The first-order valence-corrected chi connectivity index (χ1v) is 16.4. The molecule has 5 rings (SSSR count). The lowest BCUT2D eigenvalue weighted by Crippen LogP contribution is -2.44. The van der Waals surface area contributed by atoms with E-state index in [0.29, 0.717) is 59.2 Å². The van der Waals surface area contributed by atoms with Gasteiger partial charge in [-0.05, 0) is 89.1 Å². The summed E-state index contributed by atoms with van der Waals surface area (Å²) < 4.78 is 6.29. The quantitative estimate of drug-likeness (QED) is 0.152. The molecule has 0 spiro atoms. The van der Waals surface area contributed by atoms with Crippen LogP contribution in [0.4, 0.5) is 11.4 Å². The monoisotopic (exact) mass is 587 g/mol. The van der Waals surface area contributed by atoms with Crippen LogP contribution >= 0.6 is 0 Å². The SMILES string of the molecule is C[C@@H]1CCC[C@H](C)N1CCCCCN1C(=O)C(c2cccc(C(=N)N)c2)Oc2ccc(NC(=O)CC3CCCCC3)cc21. The number of fused-ring (bicyclic) bond motifs is 1. The molecule has 0 aromatic heterocycles. The molecule has 1 saturated carbocycles. The van der Waals surface area contributed by atoms with Crippen molar-refractivity contribution in [2.75, 3.05) is 23.3 Å². The number of rotatable bonds is 11. The molecule has 2 amide bonds. The van der Waals surface area contributed by atoms with E-state index in [2.05, 4.69) is 24.1 Å². The number of benzene rings is 2. The van der Waals surface area contributed by atoms with Crippen molar-refractivity contribution in [3.8, 4) is 5.75 Å². The summed E-state index contributed by atoms with van der Waals surface area (Å²) in [5, 5.41) is 10.9. The van der Waals surface area contributed by atoms with Gasteiger partial charge in [0.1, 0.15) is 11.6 Å². The molecule has 2 aromatic rings. The number of likely N-dealkylation sites (tertiary alicyclic amines) is 1. The van der Waals surface area contributed by atoms with Gasteiger partial charge in [0.15, 0.2) is 0 Å². The molecule has 3 aliphatic rings. The second kappa shape index (κ2) is 14.4. The first-order chi connectivity index (χ1) is 20.8. The summed E-state index contributed by atoms with van der Waals surface area (Å²) in [6.07, 6.45) is 12.5. The molecule has 232 valence electrons. The number of anilines is 2. The van der Waals surface area contributed by atoms with Crippen molar-refractivity contribution in [2.45, 2.75) is 109 Å². The van der Waals surface area contributed by atoms with Crippen molar-refractivity contribution in [2.24, 2.45) is 11.7 Å². The maximum absolute atomic E-state index is 14.0. The number of nitrogen functional groups attached to an aromatic ring is 1. The lowest BCUT2D eigenvalue weighted by Gasteiger charge is -2.39. The Morgan fingerprint density at radius 1 is 0.953 bits per heavy atom. The van der Waals surface area contributed by atoms with Gasteiger partial charge in [-0.1, -0.05) is 50.3 Å². The molecule has 43 heavy (non-hydrogen) atoms. The molecule has 2 heterocycles. The zero-order chi connectivity index (χ0) is 30.3. The lowest BCUT2D eigenvalue weighted by atomic mass is 9.87. The van der Waals surface area contributed by atoms with Gasteiger partial charge >= 0.3 is 0 Å². The van der Waals surface area contributed by atoms with Gasteiger partial charge < -0.3 is 20.7 Å². The Labute approximate surface area is 256 Å². The van der Waals surface area contributed by atoms with E-state index in [1.807, 2.05) is 29.2 Å².